The molecule has 0 radical (unpaired) electrons. The monoisotopic (exact) mass is 423 g/mol. The van der Waals surface area contributed by atoms with E-state index in [1.807, 2.05) is 38.2 Å². The van der Waals surface area contributed by atoms with Gasteiger partial charge in [0.25, 0.3) is 0 Å². The summed E-state index contributed by atoms with van der Waals surface area (Å²) < 4.78 is 0.971. The number of halogens is 2. The molecule has 1 rings (SSSR count). The molecule has 2 amide bonds. The molecule has 1 atom stereocenters. The van der Waals surface area contributed by atoms with Gasteiger partial charge in [0.15, 0.2) is 0 Å². The first kappa shape index (κ1) is 22.2. The zero-order valence-corrected chi connectivity index (χ0v) is 16.4. The van der Waals surface area contributed by atoms with Crippen LogP contribution in [0.1, 0.15) is 13.3 Å². The molecule has 0 aromatic heterocycles. The number of nitrogens with one attached hydrogen (secondary N) is 3. The van der Waals surface area contributed by atoms with Crippen molar-refractivity contribution in [3.8, 4) is 0 Å². The van der Waals surface area contributed by atoms with Gasteiger partial charge in [-0.3, -0.25) is 9.59 Å². The lowest BCUT2D eigenvalue weighted by atomic mass is 10.3. The van der Waals surface area contributed by atoms with Gasteiger partial charge >= 0.3 is 0 Å². The Bertz CT molecular complexity index is 488. The van der Waals surface area contributed by atoms with Crippen LogP contribution in [0.15, 0.2) is 28.7 Å². The lowest BCUT2D eigenvalue weighted by Crippen LogP contribution is -2.37. The van der Waals surface area contributed by atoms with Gasteiger partial charge < -0.3 is 16.0 Å². The second-order valence-corrected chi connectivity index (χ2v) is 6.87. The smallest absolute Gasteiger partial charge is 0.234 e. The first-order valence-electron chi connectivity index (χ1n) is 7.08. The maximum absolute atomic E-state index is 11.7. The molecule has 0 aliphatic carbocycles. The predicted octanol–water partition coefficient (Wildman–Crippen LogP) is 2.66. The molecule has 1 aromatic rings. The van der Waals surface area contributed by atoms with E-state index in [1.54, 1.807) is 0 Å². The Morgan fingerprint density at radius 3 is 2.48 bits per heavy atom. The average molecular weight is 425 g/mol. The Kier molecular flexibility index (Phi) is 12.2. The Morgan fingerprint density at radius 2 is 1.87 bits per heavy atom. The van der Waals surface area contributed by atoms with Crippen LogP contribution in [-0.2, 0) is 9.59 Å². The normalized spacial score (nSPS) is 11.3. The number of carbonyl (C=O) groups excluding carboxylic acids is 2. The average Bonchev–Trinajstić information content (AvgIpc) is 2.51. The van der Waals surface area contributed by atoms with E-state index in [-0.39, 0.29) is 30.3 Å². The molecule has 23 heavy (non-hydrogen) atoms. The highest BCUT2D eigenvalue weighted by molar-refractivity contribution is 9.10. The minimum Gasteiger partial charge on any atom is -0.355 e. The molecule has 0 spiro atoms. The van der Waals surface area contributed by atoms with Crippen LogP contribution in [0.2, 0.25) is 0 Å². The Labute approximate surface area is 156 Å². The van der Waals surface area contributed by atoms with E-state index >= 15 is 0 Å². The summed E-state index contributed by atoms with van der Waals surface area (Å²) in [7, 11) is 1.86. The van der Waals surface area contributed by atoms with Crippen LogP contribution in [0.4, 0.5) is 5.69 Å². The predicted molar refractivity (Wildman–Crippen MR) is 103 cm³/mol. The third-order valence-corrected chi connectivity index (χ3v) is 4.42. The first-order valence-corrected chi connectivity index (χ1v) is 9.03. The van der Waals surface area contributed by atoms with Gasteiger partial charge in [0.05, 0.1) is 5.75 Å². The highest BCUT2D eigenvalue weighted by atomic mass is 79.9. The standard InChI is InChI=1S/C15H22BrN3O2S.ClH/c1-11(17-2)9-18-14(20)7-8-22-10-15(21)19-13-5-3-12(16)4-6-13;/h3-6,11,17H,7-10H2,1-2H3,(H,18,20)(H,19,21);1H. The molecule has 3 N–H and O–H groups in total. The summed E-state index contributed by atoms with van der Waals surface area (Å²) in [5, 5.41) is 8.72. The number of thioether (sulfide) groups is 1. The van der Waals surface area contributed by atoms with Crippen molar-refractivity contribution in [2.24, 2.45) is 0 Å². The lowest BCUT2D eigenvalue weighted by Gasteiger charge is -2.11. The largest absolute Gasteiger partial charge is 0.355 e. The van der Waals surface area contributed by atoms with Gasteiger partial charge in [0, 0.05) is 34.9 Å². The second kappa shape index (κ2) is 12.6. The fraction of sp³-hybridized carbons (Fsp3) is 0.467. The van der Waals surface area contributed by atoms with Crippen molar-refractivity contribution in [2.75, 3.05) is 30.4 Å². The van der Waals surface area contributed by atoms with Crippen LogP contribution in [0.5, 0.6) is 0 Å². The summed E-state index contributed by atoms with van der Waals surface area (Å²) in [5.74, 6) is 0.934. The number of carbonyl (C=O) groups is 2. The lowest BCUT2D eigenvalue weighted by molar-refractivity contribution is -0.120. The Balaban J connectivity index is 0.00000484. The SMILES string of the molecule is CNC(C)CNC(=O)CCSCC(=O)Nc1ccc(Br)cc1.Cl. The molecule has 0 saturated heterocycles. The number of benzene rings is 1. The number of amides is 2. The summed E-state index contributed by atoms with van der Waals surface area (Å²) in [6.07, 6.45) is 0.423. The van der Waals surface area contributed by atoms with E-state index in [9.17, 15) is 9.59 Å². The quantitative estimate of drug-likeness (QED) is 0.533. The molecule has 0 saturated carbocycles. The van der Waals surface area contributed by atoms with Gasteiger partial charge in [-0.15, -0.1) is 12.4 Å². The van der Waals surface area contributed by atoms with Crippen LogP contribution < -0.4 is 16.0 Å². The van der Waals surface area contributed by atoms with Gasteiger partial charge in [0.1, 0.15) is 0 Å². The molecule has 0 aliphatic heterocycles. The molecule has 0 heterocycles. The maximum Gasteiger partial charge on any atom is 0.234 e. The van der Waals surface area contributed by atoms with E-state index < -0.39 is 0 Å². The minimum atomic E-state index is -0.0588. The fourth-order valence-corrected chi connectivity index (χ4v) is 2.51. The number of anilines is 1. The molecule has 130 valence electrons. The van der Waals surface area contributed by atoms with Crippen molar-refractivity contribution in [2.45, 2.75) is 19.4 Å². The van der Waals surface area contributed by atoms with Crippen LogP contribution in [0.3, 0.4) is 0 Å². The number of likely N-dealkylation sites (N-methyl/N-ethyl adjacent to an activating group) is 1. The zero-order chi connectivity index (χ0) is 16.4. The molecule has 1 unspecified atom stereocenters. The summed E-state index contributed by atoms with van der Waals surface area (Å²) in [6.45, 7) is 2.62. The number of rotatable bonds is 9. The second-order valence-electron chi connectivity index (χ2n) is 4.85. The van der Waals surface area contributed by atoms with Gasteiger partial charge in [0.2, 0.25) is 11.8 Å². The van der Waals surface area contributed by atoms with Gasteiger partial charge in [-0.05, 0) is 38.2 Å². The highest BCUT2D eigenvalue weighted by Crippen LogP contribution is 2.14. The molecule has 8 heteroatoms. The van der Waals surface area contributed by atoms with Crippen LogP contribution in [-0.4, -0.2) is 43.0 Å². The first-order chi connectivity index (χ1) is 10.5. The number of hydrogen-bond donors (Lipinski definition) is 3. The van der Waals surface area contributed by atoms with Gasteiger partial charge in [-0.2, -0.15) is 11.8 Å². The zero-order valence-electron chi connectivity index (χ0n) is 13.2. The van der Waals surface area contributed by atoms with Crippen molar-refractivity contribution < 1.29 is 9.59 Å². The van der Waals surface area contributed by atoms with Crippen molar-refractivity contribution in [3.05, 3.63) is 28.7 Å². The van der Waals surface area contributed by atoms with Crippen LogP contribution in [0.25, 0.3) is 0 Å². The van der Waals surface area contributed by atoms with Gasteiger partial charge in [-0.1, -0.05) is 15.9 Å². The minimum absolute atomic E-state index is 0. The Hall–Kier alpha value is -0.760. The van der Waals surface area contributed by atoms with E-state index in [2.05, 4.69) is 31.9 Å². The van der Waals surface area contributed by atoms with Crippen LogP contribution in [0, 0.1) is 0 Å². The maximum atomic E-state index is 11.7. The van der Waals surface area contributed by atoms with E-state index in [1.165, 1.54) is 11.8 Å². The van der Waals surface area contributed by atoms with Crippen LogP contribution >= 0.6 is 40.1 Å². The summed E-state index contributed by atoms with van der Waals surface area (Å²) in [5.41, 5.74) is 0.771. The topological polar surface area (TPSA) is 70.2 Å². The molecular weight excluding hydrogens is 402 g/mol. The van der Waals surface area contributed by atoms with Crippen molar-refractivity contribution in [3.63, 3.8) is 0 Å². The molecule has 0 bridgehead atoms. The molecule has 5 nitrogen and oxygen atoms in total. The third-order valence-electron chi connectivity index (χ3n) is 2.93. The van der Waals surface area contributed by atoms with Crippen molar-refractivity contribution in [1.82, 2.24) is 10.6 Å². The van der Waals surface area contributed by atoms with E-state index in [0.717, 1.165) is 10.2 Å². The van der Waals surface area contributed by atoms with E-state index in [0.29, 0.717) is 24.5 Å². The highest BCUT2D eigenvalue weighted by Gasteiger charge is 2.06. The van der Waals surface area contributed by atoms with Crippen molar-refractivity contribution >= 4 is 57.6 Å². The summed E-state index contributed by atoms with van der Waals surface area (Å²) in [6, 6.07) is 7.68. The van der Waals surface area contributed by atoms with Crippen molar-refractivity contribution in [1.29, 1.82) is 0 Å². The number of hydrogen-bond acceptors (Lipinski definition) is 4. The summed E-state index contributed by atoms with van der Waals surface area (Å²) >= 11 is 4.80. The van der Waals surface area contributed by atoms with Gasteiger partial charge in [-0.25, -0.2) is 0 Å². The third kappa shape index (κ3) is 10.6. The van der Waals surface area contributed by atoms with E-state index in [4.69, 9.17) is 0 Å². The molecule has 1 aromatic carbocycles. The summed E-state index contributed by atoms with van der Waals surface area (Å²) in [4.78, 5) is 23.3. The molecule has 0 aliphatic rings. The Morgan fingerprint density at radius 1 is 1.22 bits per heavy atom. The fourth-order valence-electron chi connectivity index (χ4n) is 1.52. The molecular formula is C15H23BrClN3O2S. The molecule has 0 fully saturated rings.